The van der Waals surface area contributed by atoms with Gasteiger partial charge >= 0.3 is 0 Å². The second-order valence-corrected chi connectivity index (χ2v) is 5.26. The zero-order valence-electron chi connectivity index (χ0n) is 11.3. The molecule has 0 aromatic carbocycles. The first-order valence-electron chi connectivity index (χ1n) is 6.68. The molecular weight excluding hydrogens is 230 g/mol. The molecule has 0 aliphatic rings. The predicted octanol–water partition coefficient (Wildman–Crippen LogP) is 4.38. The van der Waals surface area contributed by atoms with Gasteiger partial charge in [0.15, 0.2) is 0 Å². The van der Waals surface area contributed by atoms with Gasteiger partial charge in [-0.05, 0) is 24.4 Å². The van der Waals surface area contributed by atoms with Gasteiger partial charge in [0.2, 0.25) is 0 Å². The largest absolute Gasteiger partial charge is 0.496 e. The molecule has 3 heteroatoms. The van der Waals surface area contributed by atoms with Crippen molar-refractivity contribution in [1.82, 2.24) is 5.32 Å². The number of ether oxygens (including phenoxy) is 1. The van der Waals surface area contributed by atoms with Gasteiger partial charge in [-0.25, -0.2) is 0 Å². The number of rotatable bonds is 9. The third-order valence-electron chi connectivity index (χ3n) is 2.99. The lowest BCUT2D eigenvalue weighted by molar-refractivity contribution is 0.398. The van der Waals surface area contributed by atoms with Crippen molar-refractivity contribution in [3.8, 4) is 5.75 Å². The fourth-order valence-corrected chi connectivity index (χ4v) is 3.05. The number of thiophene rings is 1. The molecule has 0 amide bonds. The van der Waals surface area contributed by atoms with Gasteiger partial charge in [0.05, 0.1) is 12.0 Å². The van der Waals surface area contributed by atoms with E-state index in [1.54, 1.807) is 18.4 Å². The minimum absolute atomic E-state index is 0.465. The summed E-state index contributed by atoms with van der Waals surface area (Å²) in [5.41, 5.74) is 0. The monoisotopic (exact) mass is 255 g/mol. The summed E-state index contributed by atoms with van der Waals surface area (Å²) in [6.07, 6.45) is 6.50. The fraction of sp³-hybridized carbons (Fsp3) is 0.714. The molecule has 1 aromatic rings. The van der Waals surface area contributed by atoms with Gasteiger partial charge in [-0.15, -0.1) is 11.3 Å². The van der Waals surface area contributed by atoms with Crippen molar-refractivity contribution in [2.24, 2.45) is 0 Å². The minimum Gasteiger partial charge on any atom is -0.496 e. The molecule has 0 aliphatic carbocycles. The molecule has 0 fully saturated rings. The molecule has 1 N–H and O–H groups in total. The van der Waals surface area contributed by atoms with Gasteiger partial charge < -0.3 is 10.1 Å². The van der Waals surface area contributed by atoms with Crippen LogP contribution in [0.3, 0.4) is 0 Å². The van der Waals surface area contributed by atoms with Crippen LogP contribution >= 0.6 is 11.3 Å². The van der Waals surface area contributed by atoms with Crippen molar-refractivity contribution in [3.05, 3.63) is 16.3 Å². The average molecular weight is 255 g/mol. The maximum atomic E-state index is 5.41. The zero-order valence-corrected chi connectivity index (χ0v) is 12.1. The van der Waals surface area contributed by atoms with Crippen molar-refractivity contribution in [3.63, 3.8) is 0 Å². The van der Waals surface area contributed by atoms with Gasteiger partial charge in [-0.3, -0.25) is 0 Å². The summed E-state index contributed by atoms with van der Waals surface area (Å²) in [6.45, 7) is 5.43. The molecule has 0 aliphatic heterocycles. The summed E-state index contributed by atoms with van der Waals surface area (Å²) in [5.74, 6) is 1.04. The van der Waals surface area contributed by atoms with E-state index < -0.39 is 0 Å². The molecule has 1 unspecified atom stereocenters. The highest BCUT2D eigenvalue weighted by molar-refractivity contribution is 7.10. The molecule has 2 nitrogen and oxygen atoms in total. The maximum absolute atomic E-state index is 5.41. The molecule has 1 heterocycles. The first-order valence-corrected chi connectivity index (χ1v) is 7.56. The summed E-state index contributed by atoms with van der Waals surface area (Å²) < 4.78 is 5.41. The van der Waals surface area contributed by atoms with Crippen LogP contribution in [0.5, 0.6) is 5.75 Å². The van der Waals surface area contributed by atoms with E-state index in [0.29, 0.717) is 6.04 Å². The number of unbranched alkanes of at least 4 members (excludes halogenated alkanes) is 3. The molecule has 1 aromatic heterocycles. The molecule has 0 spiro atoms. The number of methoxy groups -OCH3 is 1. The Kier molecular flexibility index (Phi) is 7.29. The molecule has 1 rings (SSSR count). The van der Waals surface area contributed by atoms with Crippen LogP contribution < -0.4 is 10.1 Å². The van der Waals surface area contributed by atoms with Crippen LogP contribution in [0.1, 0.15) is 56.9 Å². The third-order valence-corrected chi connectivity index (χ3v) is 4.00. The Morgan fingerprint density at radius 3 is 2.76 bits per heavy atom. The zero-order chi connectivity index (χ0) is 12.5. The number of hydrogen-bond acceptors (Lipinski definition) is 3. The predicted molar refractivity (Wildman–Crippen MR) is 76.0 cm³/mol. The number of hydrogen-bond donors (Lipinski definition) is 1. The normalized spacial score (nSPS) is 12.6. The molecule has 0 bridgehead atoms. The first-order chi connectivity index (χ1) is 8.33. The van der Waals surface area contributed by atoms with Crippen LogP contribution in [-0.2, 0) is 0 Å². The smallest absolute Gasteiger partial charge is 0.134 e. The summed E-state index contributed by atoms with van der Waals surface area (Å²) in [5, 5.41) is 5.68. The second kappa shape index (κ2) is 8.54. The van der Waals surface area contributed by atoms with Gasteiger partial charge in [0.25, 0.3) is 0 Å². The van der Waals surface area contributed by atoms with E-state index in [0.717, 1.165) is 12.3 Å². The van der Waals surface area contributed by atoms with Crippen LogP contribution in [0.25, 0.3) is 0 Å². The van der Waals surface area contributed by atoms with Gasteiger partial charge in [0, 0.05) is 6.04 Å². The Bertz CT molecular complexity index is 298. The van der Waals surface area contributed by atoms with Crippen LogP contribution in [-0.4, -0.2) is 13.7 Å². The van der Waals surface area contributed by atoms with E-state index in [4.69, 9.17) is 4.74 Å². The third kappa shape index (κ3) is 4.68. The van der Waals surface area contributed by atoms with Crippen LogP contribution in [0.2, 0.25) is 0 Å². The fourth-order valence-electron chi connectivity index (χ4n) is 2.08. The SMILES string of the molecule is CCCCCCC(NCC)c1sccc1OC. The standard InChI is InChI=1S/C14H25NOS/c1-4-6-7-8-9-12(15-5-2)14-13(16-3)10-11-17-14/h10-12,15H,4-9H2,1-3H3. The van der Waals surface area contributed by atoms with E-state index in [-0.39, 0.29) is 0 Å². The van der Waals surface area contributed by atoms with Crippen molar-refractivity contribution < 1.29 is 4.74 Å². The van der Waals surface area contributed by atoms with E-state index in [1.165, 1.54) is 37.0 Å². The van der Waals surface area contributed by atoms with Crippen LogP contribution in [0, 0.1) is 0 Å². The lowest BCUT2D eigenvalue weighted by Crippen LogP contribution is -2.20. The summed E-state index contributed by atoms with van der Waals surface area (Å²) in [6, 6.07) is 2.53. The minimum atomic E-state index is 0.465. The van der Waals surface area contributed by atoms with Crippen LogP contribution in [0.4, 0.5) is 0 Å². The highest BCUT2D eigenvalue weighted by Crippen LogP contribution is 2.33. The second-order valence-electron chi connectivity index (χ2n) is 4.31. The lowest BCUT2D eigenvalue weighted by Gasteiger charge is -2.17. The summed E-state index contributed by atoms with van der Waals surface area (Å²) in [4.78, 5) is 1.35. The molecule has 98 valence electrons. The van der Waals surface area contributed by atoms with E-state index in [1.807, 2.05) is 0 Å². The van der Waals surface area contributed by atoms with E-state index >= 15 is 0 Å². The Morgan fingerprint density at radius 1 is 1.29 bits per heavy atom. The summed E-state index contributed by atoms with van der Waals surface area (Å²) >= 11 is 1.80. The van der Waals surface area contributed by atoms with Crippen molar-refractivity contribution in [1.29, 1.82) is 0 Å². The van der Waals surface area contributed by atoms with Gasteiger partial charge in [-0.1, -0.05) is 39.5 Å². The topological polar surface area (TPSA) is 21.3 Å². The Labute approximate surface area is 109 Å². The van der Waals surface area contributed by atoms with Crippen molar-refractivity contribution in [2.75, 3.05) is 13.7 Å². The van der Waals surface area contributed by atoms with Crippen molar-refractivity contribution >= 4 is 11.3 Å². The Balaban J connectivity index is 2.52. The molecule has 17 heavy (non-hydrogen) atoms. The summed E-state index contributed by atoms with van der Waals surface area (Å²) in [7, 11) is 1.76. The Hall–Kier alpha value is -0.540. The lowest BCUT2D eigenvalue weighted by atomic mass is 10.1. The molecule has 0 radical (unpaired) electrons. The average Bonchev–Trinajstić information content (AvgIpc) is 2.81. The van der Waals surface area contributed by atoms with Gasteiger partial charge in [-0.2, -0.15) is 0 Å². The van der Waals surface area contributed by atoms with E-state index in [2.05, 4.69) is 30.6 Å². The molecule has 0 saturated heterocycles. The Morgan fingerprint density at radius 2 is 2.12 bits per heavy atom. The molecule has 1 atom stereocenters. The maximum Gasteiger partial charge on any atom is 0.134 e. The van der Waals surface area contributed by atoms with E-state index in [9.17, 15) is 0 Å². The molecular formula is C14H25NOS. The highest BCUT2D eigenvalue weighted by Gasteiger charge is 2.16. The van der Waals surface area contributed by atoms with Crippen LogP contribution in [0.15, 0.2) is 11.4 Å². The molecule has 0 saturated carbocycles. The van der Waals surface area contributed by atoms with Crippen molar-refractivity contribution in [2.45, 2.75) is 52.0 Å². The highest BCUT2D eigenvalue weighted by atomic mass is 32.1. The first kappa shape index (κ1) is 14.5. The number of nitrogens with one attached hydrogen (secondary N) is 1. The van der Waals surface area contributed by atoms with Gasteiger partial charge in [0.1, 0.15) is 5.75 Å². The quantitative estimate of drug-likeness (QED) is 0.661.